The molecule has 4 N–H and O–H groups in total. The van der Waals surface area contributed by atoms with Crippen molar-refractivity contribution in [1.82, 2.24) is 25.5 Å². The third-order valence-corrected chi connectivity index (χ3v) is 13.0. The van der Waals surface area contributed by atoms with E-state index < -0.39 is 58.9 Å². The first-order valence-corrected chi connectivity index (χ1v) is 20.9. The van der Waals surface area contributed by atoms with Gasteiger partial charge in [-0.05, 0) is 62.0 Å². The Morgan fingerprint density at radius 3 is 2.50 bits per heavy atom. The van der Waals surface area contributed by atoms with Crippen molar-refractivity contribution in [3.8, 4) is 22.9 Å². The van der Waals surface area contributed by atoms with E-state index in [2.05, 4.69) is 22.5 Å². The average Bonchev–Trinajstić information content (AvgIpc) is 4.02. The zero-order valence-electron chi connectivity index (χ0n) is 33.7. The SMILES string of the molecule is C=CC1CC1(NC(=O)C1C[C@@H](Oc2cc(-c3csc(NC(C)C)n3)nc3cc(OCCOC)ccc23)CN1C(=O)C(NC(=O)O[C@@H]1CC2C3C1[C@H]23)C(C)(C)C)C(=O)O. The van der Waals surface area contributed by atoms with Crippen molar-refractivity contribution in [3.63, 3.8) is 0 Å². The Morgan fingerprint density at radius 2 is 1.86 bits per heavy atom. The van der Waals surface area contributed by atoms with E-state index in [4.69, 9.17) is 28.9 Å². The van der Waals surface area contributed by atoms with Crippen molar-refractivity contribution < 1.29 is 43.2 Å². The molecule has 310 valence electrons. The van der Waals surface area contributed by atoms with Crippen LogP contribution in [0.4, 0.5) is 9.93 Å². The zero-order chi connectivity index (χ0) is 41.3. The van der Waals surface area contributed by atoms with Crippen molar-refractivity contribution in [2.75, 3.05) is 32.2 Å². The van der Waals surface area contributed by atoms with Crippen molar-refractivity contribution in [2.24, 2.45) is 35.0 Å². The van der Waals surface area contributed by atoms with E-state index in [-0.39, 0.29) is 31.5 Å². The number of fused-ring (bicyclic) bond motifs is 2. The van der Waals surface area contributed by atoms with Gasteiger partial charge in [-0.25, -0.2) is 19.6 Å². The summed E-state index contributed by atoms with van der Waals surface area (Å²) < 4.78 is 23.6. The number of aromatic nitrogens is 2. The van der Waals surface area contributed by atoms with Crippen LogP contribution in [0.15, 0.2) is 42.3 Å². The Morgan fingerprint density at radius 1 is 1.09 bits per heavy atom. The Labute approximate surface area is 341 Å². The van der Waals surface area contributed by atoms with Gasteiger partial charge in [0.05, 0.1) is 24.4 Å². The first kappa shape index (κ1) is 39.8. The molecule has 16 heteroatoms. The lowest BCUT2D eigenvalue weighted by atomic mass is 9.85. The number of carboxylic acid groups (broad SMARTS) is 1. The van der Waals surface area contributed by atoms with Gasteiger partial charge in [0.2, 0.25) is 11.8 Å². The number of hydrogen-bond acceptors (Lipinski definition) is 12. The second-order valence-corrected chi connectivity index (χ2v) is 18.5. The molecule has 1 saturated heterocycles. The van der Waals surface area contributed by atoms with Crippen molar-refractivity contribution >= 4 is 51.2 Å². The highest BCUT2D eigenvalue weighted by Gasteiger charge is 2.81. The highest BCUT2D eigenvalue weighted by Crippen LogP contribution is 2.82. The summed E-state index contributed by atoms with van der Waals surface area (Å²) in [7, 11) is 1.60. The maximum atomic E-state index is 14.7. The lowest BCUT2D eigenvalue weighted by Gasteiger charge is -2.35. The molecule has 6 aliphatic rings. The maximum absolute atomic E-state index is 14.7. The van der Waals surface area contributed by atoms with Gasteiger partial charge in [-0.2, -0.15) is 0 Å². The molecule has 3 aromatic rings. The van der Waals surface area contributed by atoms with E-state index in [1.807, 2.05) is 58.2 Å². The molecule has 2 bridgehead atoms. The van der Waals surface area contributed by atoms with Crippen LogP contribution in [0.2, 0.25) is 0 Å². The predicted octanol–water partition coefficient (Wildman–Crippen LogP) is 5.10. The first-order valence-electron chi connectivity index (χ1n) is 20.0. The number of ether oxygens (including phenoxy) is 4. The van der Waals surface area contributed by atoms with E-state index in [1.165, 1.54) is 22.3 Å². The molecule has 10 atom stereocenters. The van der Waals surface area contributed by atoms with Crippen LogP contribution in [0.1, 0.15) is 53.9 Å². The van der Waals surface area contributed by atoms with E-state index in [1.54, 1.807) is 13.2 Å². The number of likely N-dealkylation sites (tertiary alicyclic amines) is 1. The lowest BCUT2D eigenvalue weighted by Crippen LogP contribution is -2.59. The van der Waals surface area contributed by atoms with Gasteiger partial charge in [0.15, 0.2) is 5.13 Å². The second-order valence-electron chi connectivity index (χ2n) is 17.7. The van der Waals surface area contributed by atoms with Gasteiger partial charge < -0.3 is 44.9 Å². The highest BCUT2D eigenvalue weighted by molar-refractivity contribution is 7.14. The topological polar surface area (TPSA) is 191 Å². The minimum absolute atomic E-state index is 0.0164. The molecular formula is C42H52N6O9S. The molecule has 5 aliphatic carbocycles. The van der Waals surface area contributed by atoms with E-state index in [0.29, 0.717) is 70.7 Å². The fraction of sp³-hybridized carbons (Fsp3) is 0.571. The molecule has 2 aromatic heterocycles. The van der Waals surface area contributed by atoms with Crippen LogP contribution in [0.25, 0.3) is 22.3 Å². The summed E-state index contributed by atoms with van der Waals surface area (Å²) in [6.45, 7) is 14.1. The Kier molecular flexibility index (Phi) is 10.3. The molecule has 58 heavy (non-hydrogen) atoms. The fourth-order valence-electron chi connectivity index (χ4n) is 9.02. The summed E-state index contributed by atoms with van der Waals surface area (Å²) in [6.07, 6.45) is 1.11. The molecule has 9 rings (SSSR count). The van der Waals surface area contributed by atoms with Crippen molar-refractivity contribution in [2.45, 2.75) is 89.8 Å². The van der Waals surface area contributed by atoms with Crippen LogP contribution < -0.4 is 25.4 Å². The number of hydrogen-bond donors (Lipinski definition) is 4. The Balaban J connectivity index is 1.09. The minimum Gasteiger partial charge on any atom is -0.491 e. The fourth-order valence-corrected chi connectivity index (χ4v) is 9.87. The molecule has 5 saturated carbocycles. The van der Waals surface area contributed by atoms with Gasteiger partial charge in [0, 0.05) is 54.3 Å². The number of alkyl carbamates (subject to hydrolysis) is 1. The number of pyridine rings is 1. The Bertz CT molecular complexity index is 2120. The van der Waals surface area contributed by atoms with E-state index in [0.717, 1.165) is 11.6 Å². The molecule has 0 radical (unpaired) electrons. The molecule has 6 fully saturated rings. The minimum atomic E-state index is -1.52. The van der Waals surface area contributed by atoms with Gasteiger partial charge in [-0.15, -0.1) is 17.9 Å². The number of thiazole rings is 1. The number of anilines is 1. The molecule has 15 nitrogen and oxygen atoms in total. The molecular weight excluding hydrogens is 765 g/mol. The lowest BCUT2D eigenvalue weighted by molar-refractivity contribution is -0.146. The van der Waals surface area contributed by atoms with Gasteiger partial charge >= 0.3 is 12.1 Å². The summed E-state index contributed by atoms with van der Waals surface area (Å²) >= 11 is 1.46. The number of nitrogens with one attached hydrogen (secondary N) is 3. The summed E-state index contributed by atoms with van der Waals surface area (Å²) in [5, 5.41) is 22.4. The van der Waals surface area contributed by atoms with E-state index in [9.17, 15) is 24.3 Å². The number of benzene rings is 1. The van der Waals surface area contributed by atoms with Gasteiger partial charge in [-0.1, -0.05) is 26.8 Å². The monoisotopic (exact) mass is 816 g/mol. The summed E-state index contributed by atoms with van der Waals surface area (Å²) in [5.41, 5.74) is -0.527. The predicted molar refractivity (Wildman–Crippen MR) is 216 cm³/mol. The number of carboxylic acids is 1. The molecule has 1 aromatic carbocycles. The van der Waals surface area contributed by atoms with Gasteiger partial charge in [0.25, 0.3) is 0 Å². The summed E-state index contributed by atoms with van der Waals surface area (Å²) in [6, 6.07) is 5.28. The third kappa shape index (κ3) is 7.56. The third-order valence-electron chi connectivity index (χ3n) is 12.3. The number of carbonyl (C=O) groups is 4. The van der Waals surface area contributed by atoms with Gasteiger partial charge in [0.1, 0.15) is 53.6 Å². The smallest absolute Gasteiger partial charge is 0.408 e. The normalized spacial score (nSPS) is 29.3. The van der Waals surface area contributed by atoms with Crippen LogP contribution in [0, 0.1) is 35.0 Å². The summed E-state index contributed by atoms with van der Waals surface area (Å²) in [5.74, 6) is 0.757. The standard InChI is InChI=1S/C42H52N6O9S/c1-8-21-17-42(21,38(51)52)47-36(49)29-14-23(18-48(29)37(50)35(41(4,5)6)46-40(53)57-31-15-25-32-33(25)34(31)32)56-30-16-27(28-19-58-39(45-28)43-20(2)3)44-26-13-22(9-10-24(26)30)55-12-11-54-7/h8-10,13,16,19-21,23,25,29,31-35H,1,11-12,14-15,17-18H2,2-7H3,(H,43,45)(H,46,53)(H,47,49)(H,51,52)/t21?,23-,25?,29?,31-,32-,33?,34?,35?,42?/m1/s1. The van der Waals surface area contributed by atoms with Crippen molar-refractivity contribution in [3.05, 3.63) is 42.3 Å². The van der Waals surface area contributed by atoms with Crippen LogP contribution in [-0.4, -0.2) is 107 Å². The molecule has 3 heterocycles. The summed E-state index contributed by atoms with van der Waals surface area (Å²) in [4.78, 5) is 65.8. The zero-order valence-corrected chi connectivity index (χ0v) is 34.5. The molecule has 7 unspecified atom stereocenters. The second kappa shape index (κ2) is 15.0. The number of nitrogens with zero attached hydrogens (tertiary/aromatic N) is 3. The van der Waals surface area contributed by atoms with E-state index >= 15 is 0 Å². The van der Waals surface area contributed by atoms with Crippen LogP contribution in [-0.2, 0) is 23.9 Å². The van der Waals surface area contributed by atoms with Crippen molar-refractivity contribution in [1.29, 1.82) is 0 Å². The number of amides is 3. The number of methoxy groups -OCH3 is 1. The molecule has 1 aliphatic heterocycles. The number of rotatable bonds is 16. The first-order chi connectivity index (χ1) is 27.6. The highest BCUT2D eigenvalue weighted by atomic mass is 32.1. The quantitative estimate of drug-likeness (QED) is 0.111. The molecule has 3 amide bonds. The van der Waals surface area contributed by atoms with Crippen LogP contribution in [0.3, 0.4) is 0 Å². The Hall–Kier alpha value is -4.96. The maximum Gasteiger partial charge on any atom is 0.408 e. The number of aliphatic carboxylic acids is 1. The average molecular weight is 817 g/mol. The van der Waals surface area contributed by atoms with Gasteiger partial charge in [-0.3, -0.25) is 9.59 Å². The largest absolute Gasteiger partial charge is 0.491 e. The van der Waals surface area contributed by atoms with Crippen LogP contribution in [0.5, 0.6) is 11.5 Å². The number of carbonyl (C=O) groups excluding carboxylic acids is 3. The van der Waals surface area contributed by atoms with Crippen LogP contribution >= 0.6 is 11.3 Å². The molecule has 0 spiro atoms.